The molecule has 2 aromatic carbocycles. The van der Waals surface area contributed by atoms with Gasteiger partial charge >= 0.3 is 6.03 Å². The van der Waals surface area contributed by atoms with E-state index in [2.05, 4.69) is 34.6 Å². The third-order valence-electron chi connectivity index (χ3n) is 7.21. The van der Waals surface area contributed by atoms with Gasteiger partial charge in [0.2, 0.25) is 5.91 Å². The monoisotopic (exact) mass is 416 g/mol. The van der Waals surface area contributed by atoms with Crippen molar-refractivity contribution >= 4 is 22.8 Å². The molecule has 1 spiro atoms. The minimum absolute atomic E-state index is 0.0507. The molecule has 0 radical (unpaired) electrons. The average Bonchev–Trinajstić information content (AvgIpc) is 3.35. The molecule has 0 saturated carbocycles. The van der Waals surface area contributed by atoms with Gasteiger partial charge < -0.3 is 20.9 Å². The molecule has 3 amide bonds. The maximum absolute atomic E-state index is 13.4. The summed E-state index contributed by atoms with van der Waals surface area (Å²) in [5, 5.41) is 3.75. The van der Waals surface area contributed by atoms with Crippen LogP contribution in [0.4, 0.5) is 4.79 Å². The summed E-state index contributed by atoms with van der Waals surface area (Å²) in [6.07, 6.45) is 6.53. The van der Waals surface area contributed by atoms with Gasteiger partial charge in [-0.15, -0.1) is 0 Å². The van der Waals surface area contributed by atoms with Crippen LogP contribution in [0.15, 0.2) is 54.7 Å². The van der Waals surface area contributed by atoms with E-state index >= 15 is 0 Å². The van der Waals surface area contributed by atoms with E-state index in [0.29, 0.717) is 19.5 Å². The van der Waals surface area contributed by atoms with Crippen LogP contribution in [0.3, 0.4) is 0 Å². The molecule has 2 heterocycles. The van der Waals surface area contributed by atoms with E-state index in [1.165, 1.54) is 11.1 Å². The quantitative estimate of drug-likeness (QED) is 0.609. The number of H-pyrrole nitrogens is 1. The number of aryl methyl sites for hydroxylation is 1. The van der Waals surface area contributed by atoms with Crippen molar-refractivity contribution in [2.75, 3.05) is 13.1 Å². The van der Waals surface area contributed by atoms with Crippen molar-refractivity contribution in [3.63, 3.8) is 0 Å². The van der Waals surface area contributed by atoms with Crippen LogP contribution in [0.5, 0.6) is 0 Å². The number of para-hydroxylation sites is 1. The summed E-state index contributed by atoms with van der Waals surface area (Å²) in [4.78, 5) is 30.2. The molecule has 160 valence electrons. The van der Waals surface area contributed by atoms with E-state index in [-0.39, 0.29) is 11.3 Å². The smallest absolute Gasteiger partial charge is 0.312 e. The summed E-state index contributed by atoms with van der Waals surface area (Å²) < 4.78 is 0. The number of aromatic nitrogens is 1. The fourth-order valence-electron chi connectivity index (χ4n) is 5.55. The van der Waals surface area contributed by atoms with E-state index in [9.17, 15) is 9.59 Å². The molecule has 5 rings (SSSR count). The fraction of sp³-hybridized carbons (Fsp3) is 0.360. The maximum atomic E-state index is 13.4. The van der Waals surface area contributed by atoms with Crippen LogP contribution in [0.1, 0.15) is 36.0 Å². The number of hydrogen-bond acceptors (Lipinski definition) is 2. The van der Waals surface area contributed by atoms with Crippen LogP contribution >= 0.6 is 0 Å². The molecule has 1 aliphatic heterocycles. The topological polar surface area (TPSA) is 91.2 Å². The van der Waals surface area contributed by atoms with Crippen molar-refractivity contribution in [1.29, 1.82) is 0 Å². The number of amides is 3. The van der Waals surface area contributed by atoms with Crippen molar-refractivity contribution in [3.05, 3.63) is 71.4 Å². The lowest BCUT2D eigenvalue weighted by Crippen LogP contribution is -2.54. The van der Waals surface area contributed by atoms with Crippen LogP contribution in [0, 0.1) is 0 Å². The molecule has 1 aliphatic carbocycles. The Morgan fingerprint density at radius 2 is 1.81 bits per heavy atom. The van der Waals surface area contributed by atoms with Gasteiger partial charge in [0, 0.05) is 36.6 Å². The largest absolute Gasteiger partial charge is 0.361 e. The van der Waals surface area contributed by atoms with E-state index < -0.39 is 12.1 Å². The van der Waals surface area contributed by atoms with Crippen molar-refractivity contribution in [3.8, 4) is 0 Å². The molecular weight excluding hydrogens is 388 g/mol. The lowest BCUT2D eigenvalue weighted by atomic mass is 9.74. The Morgan fingerprint density at radius 1 is 1.06 bits per heavy atom. The predicted molar refractivity (Wildman–Crippen MR) is 121 cm³/mol. The van der Waals surface area contributed by atoms with Gasteiger partial charge in [0.15, 0.2) is 0 Å². The second kappa shape index (κ2) is 7.76. The van der Waals surface area contributed by atoms with Crippen LogP contribution in [-0.2, 0) is 23.1 Å². The highest BCUT2D eigenvalue weighted by Crippen LogP contribution is 2.46. The normalized spacial score (nSPS) is 18.1. The van der Waals surface area contributed by atoms with E-state index in [1.807, 2.05) is 35.4 Å². The number of likely N-dealkylation sites (tertiary alicyclic amines) is 1. The third kappa shape index (κ3) is 3.56. The number of nitrogens with zero attached hydrogens (tertiary/aromatic N) is 1. The highest BCUT2D eigenvalue weighted by molar-refractivity contribution is 5.89. The highest BCUT2D eigenvalue weighted by atomic mass is 16.2. The summed E-state index contributed by atoms with van der Waals surface area (Å²) in [5.74, 6) is -0.0507. The number of fused-ring (bicyclic) bond motifs is 3. The summed E-state index contributed by atoms with van der Waals surface area (Å²) in [7, 11) is 0. The Kier molecular flexibility index (Phi) is 4.93. The average molecular weight is 417 g/mol. The molecule has 2 aliphatic rings. The Morgan fingerprint density at radius 3 is 2.61 bits per heavy atom. The number of primary amides is 1. The molecule has 31 heavy (non-hydrogen) atoms. The van der Waals surface area contributed by atoms with Gasteiger partial charge in [0.05, 0.1) is 0 Å². The van der Waals surface area contributed by atoms with Gasteiger partial charge in [-0.05, 0) is 53.9 Å². The molecular formula is C25H28N4O2. The second-order valence-corrected chi connectivity index (χ2v) is 8.89. The number of piperidine rings is 1. The number of benzene rings is 2. The Labute approximate surface area is 181 Å². The van der Waals surface area contributed by atoms with Crippen LogP contribution in [0.25, 0.3) is 10.9 Å². The van der Waals surface area contributed by atoms with Crippen LogP contribution < -0.4 is 11.1 Å². The van der Waals surface area contributed by atoms with Gasteiger partial charge in [-0.1, -0.05) is 42.5 Å². The van der Waals surface area contributed by atoms with Crippen molar-refractivity contribution in [2.24, 2.45) is 5.73 Å². The molecule has 1 unspecified atom stereocenters. The van der Waals surface area contributed by atoms with Crippen LogP contribution in [0.2, 0.25) is 0 Å². The van der Waals surface area contributed by atoms with Gasteiger partial charge in [-0.2, -0.15) is 0 Å². The molecule has 1 aromatic heterocycles. The standard InChI is InChI=1S/C25H28N4O2/c26-24(31)28-22(15-18-16-27-21-8-4-2-6-19(18)21)23(30)29-13-11-25(12-14-29)10-9-17-5-1-3-7-20(17)25/h1-8,16,22,27H,9-15H2,(H3,26,28,31). The first-order valence-electron chi connectivity index (χ1n) is 11.0. The molecule has 6 heteroatoms. The third-order valence-corrected chi connectivity index (χ3v) is 7.21. The number of aromatic amines is 1. The predicted octanol–water partition coefficient (Wildman–Crippen LogP) is 3.25. The van der Waals surface area contributed by atoms with Gasteiger partial charge in [0.25, 0.3) is 0 Å². The molecule has 1 atom stereocenters. The second-order valence-electron chi connectivity index (χ2n) is 8.89. The van der Waals surface area contributed by atoms with Crippen molar-refractivity contribution in [2.45, 2.75) is 43.6 Å². The summed E-state index contributed by atoms with van der Waals surface area (Å²) in [6, 6.07) is 15.4. The Balaban J connectivity index is 1.32. The fourth-order valence-corrected chi connectivity index (χ4v) is 5.55. The number of carbonyl (C=O) groups excluding carboxylic acids is 2. The minimum atomic E-state index is -0.670. The van der Waals surface area contributed by atoms with Crippen molar-refractivity contribution < 1.29 is 9.59 Å². The summed E-state index contributed by atoms with van der Waals surface area (Å²) in [5.41, 5.74) is 10.5. The number of rotatable bonds is 4. The van der Waals surface area contributed by atoms with E-state index in [0.717, 1.165) is 42.1 Å². The molecule has 4 N–H and O–H groups in total. The number of nitrogens with one attached hydrogen (secondary N) is 2. The van der Waals surface area contributed by atoms with Gasteiger partial charge in [-0.25, -0.2) is 4.79 Å². The first-order chi connectivity index (χ1) is 15.1. The number of carbonyl (C=O) groups is 2. The van der Waals surface area contributed by atoms with Gasteiger partial charge in [-0.3, -0.25) is 4.79 Å². The zero-order valence-electron chi connectivity index (χ0n) is 17.6. The molecule has 6 nitrogen and oxygen atoms in total. The van der Waals surface area contributed by atoms with E-state index in [1.54, 1.807) is 0 Å². The Hall–Kier alpha value is -3.28. The van der Waals surface area contributed by atoms with E-state index in [4.69, 9.17) is 5.73 Å². The lowest BCUT2D eigenvalue weighted by molar-refractivity contribution is -0.134. The molecule has 1 saturated heterocycles. The Bertz CT molecular complexity index is 1130. The highest BCUT2D eigenvalue weighted by Gasteiger charge is 2.42. The lowest BCUT2D eigenvalue weighted by Gasteiger charge is -2.41. The zero-order valence-corrected chi connectivity index (χ0v) is 17.6. The molecule has 3 aromatic rings. The molecule has 0 bridgehead atoms. The summed E-state index contributed by atoms with van der Waals surface area (Å²) >= 11 is 0. The summed E-state index contributed by atoms with van der Waals surface area (Å²) in [6.45, 7) is 1.41. The number of hydrogen-bond donors (Lipinski definition) is 3. The maximum Gasteiger partial charge on any atom is 0.312 e. The van der Waals surface area contributed by atoms with Crippen LogP contribution in [-0.4, -0.2) is 41.0 Å². The van der Waals surface area contributed by atoms with Crippen molar-refractivity contribution in [1.82, 2.24) is 15.2 Å². The first kappa shape index (κ1) is 19.7. The minimum Gasteiger partial charge on any atom is -0.361 e. The number of urea groups is 1. The molecule has 1 fully saturated rings. The van der Waals surface area contributed by atoms with Gasteiger partial charge in [0.1, 0.15) is 6.04 Å². The zero-order chi connectivity index (χ0) is 21.4. The first-order valence-corrected chi connectivity index (χ1v) is 11.0. The SMILES string of the molecule is NC(=O)NC(Cc1c[nH]c2ccccc12)C(=O)N1CCC2(CCc3ccccc32)CC1. The number of nitrogens with two attached hydrogens (primary N) is 1.